The molecule has 1 aromatic rings. The lowest BCUT2D eigenvalue weighted by molar-refractivity contribution is -0.137. The molecule has 1 unspecified atom stereocenters. The van der Waals surface area contributed by atoms with Crippen molar-refractivity contribution in [3.63, 3.8) is 0 Å². The third-order valence-electron chi connectivity index (χ3n) is 2.72. The number of likely N-dealkylation sites (tertiary alicyclic amines) is 1. The molecule has 1 heterocycles. The molecule has 1 saturated heterocycles. The summed E-state index contributed by atoms with van der Waals surface area (Å²) in [5.74, 6) is -0.863. The number of hydrogen-bond donors (Lipinski definition) is 0. The molecule has 0 N–H and O–H groups in total. The van der Waals surface area contributed by atoms with Crippen molar-refractivity contribution in [2.24, 2.45) is 0 Å². The highest BCUT2D eigenvalue weighted by molar-refractivity contribution is 6.35. The van der Waals surface area contributed by atoms with Crippen molar-refractivity contribution in [1.82, 2.24) is 4.90 Å². The third-order valence-corrected chi connectivity index (χ3v) is 3.28. The van der Waals surface area contributed by atoms with E-state index in [1.165, 1.54) is 7.05 Å². The van der Waals surface area contributed by atoms with Crippen LogP contribution in [0.15, 0.2) is 18.2 Å². The Kier molecular flexibility index (Phi) is 2.91. The third kappa shape index (κ3) is 1.81. The van der Waals surface area contributed by atoms with Crippen LogP contribution in [0, 0.1) is 0 Å². The summed E-state index contributed by atoms with van der Waals surface area (Å²) in [5, 5.41) is 0.938. The van der Waals surface area contributed by atoms with Crippen molar-refractivity contribution in [1.29, 1.82) is 0 Å². The van der Waals surface area contributed by atoms with Crippen molar-refractivity contribution >= 4 is 35.0 Å². The van der Waals surface area contributed by atoms with Crippen LogP contribution in [0.25, 0.3) is 0 Å². The molecule has 0 aliphatic carbocycles. The SMILES string of the molecule is CN1C(=O)CC(c2ccc(Cl)cc2Cl)C1=O. The molecule has 0 saturated carbocycles. The van der Waals surface area contributed by atoms with Gasteiger partial charge in [-0.3, -0.25) is 14.5 Å². The fraction of sp³-hybridized carbons (Fsp3) is 0.273. The smallest absolute Gasteiger partial charge is 0.237 e. The molecular formula is C11H9Cl2NO2. The van der Waals surface area contributed by atoms with E-state index in [1.54, 1.807) is 18.2 Å². The first-order valence-electron chi connectivity index (χ1n) is 4.76. The van der Waals surface area contributed by atoms with Gasteiger partial charge in [-0.05, 0) is 17.7 Å². The summed E-state index contributed by atoms with van der Waals surface area (Å²) in [6.45, 7) is 0. The Morgan fingerprint density at radius 2 is 2.00 bits per heavy atom. The van der Waals surface area contributed by atoms with Gasteiger partial charge in [-0.1, -0.05) is 29.3 Å². The molecule has 0 spiro atoms. The topological polar surface area (TPSA) is 37.4 Å². The van der Waals surface area contributed by atoms with Gasteiger partial charge in [0.2, 0.25) is 11.8 Å². The fourth-order valence-electron chi connectivity index (χ4n) is 1.78. The Labute approximate surface area is 103 Å². The van der Waals surface area contributed by atoms with E-state index in [1.807, 2.05) is 0 Å². The number of carbonyl (C=O) groups excluding carboxylic acids is 2. The summed E-state index contributed by atoms with van der Waals surface area (Å²) in [6.07, 6.45) is 0.177. The molecule has 16 heavy (non-hydrogen) atoms. The van der Waals surface area contributed by atoms with E-state index in [0.717, 1.165) is 4.90 Å². The molecule has 5 heteroatoms. The lowest BCUT2D eigenvalue weighted by atomic mass is 9.97. The van der Waals surface area contributed by atoms with E-state index in [0.29, 0.717) is 15.6 Å². The number of hydrogen-bond acceptors (Lipinski definition) is 2. The van der Waals surface area contributed by atoms with Gasteiger partial charge in [0, 0.05) is 23.5 Å². The van der Waals surface area contributed by atoms with Crippen LogP contribution in [0.5, 0.6) is 0 Å². The van der Waals surface area contributed by atoms with Crippen LogP contribution >= 0.6 is 23.2 Å². The van der Waals surface area contributed by atoms with Crippen molar-refractivity contribution in [2.45, 2.75) is 12.3 Å². The minimum Gasteiger partial charge on any atom is -0.285 e. The summed E-state index contributed by atoms with van der Waals surface area (Å²) < 4.78 is 0. The number of nitrogens with zero attached hydrogens (tertiary/aromatic N) is 1. The van der Waals surface area contributed by atoms with Crippen LogP contribution in [-0.4, -0.2) is 23.8 Å². The Morgan fingerprint density at radius 1 is 1.31 bits per heavy atom. The van der Waals surface area contributed by atoms with E-state index >= 15 is 0 Å². The zero-order valence-electron chi connectivity index (χ0n) is 8.54. The fourth-order valence-corrected chi connectivity index (χ4v) is 2.32. The number of imide groups is 1. The minimum atomic E-state index is -0.470. The second-order valence-electron chi connectivity index (χ2n) is 3.71. The Hall–Kier alpha value is -1.06. The number of benzene rings is 1. The first kappa shape index (κ1) is 11.4. The lowest BCUT2D eigenvalue weighted by Gasteiger charge is -2.10. The van der Waals surface area contributed by atoms with Gasteiger partial charge < -0.3 is 0 Å². The summed E-state index contributed by atoms with van der Waals surface area (Å²) in [4.78, 5) is 24.3. The van der Waals surface area contributed by atoms with Gasteiger partial charge in [-0.2, -0.15) is 0 Å². The molecule has 0 aromatic heterocycles. The van der Waals surface area contributed by atoms with Gasteiger partial charge in [-0.15, -0.1) is 0 Å². The molecule has 1 fully saturated rings. The van der Waals surface area contributed by atoms with Gasteiger partial charge in [0.25, 0.3) is 0 Å². The zero-order chi connectivity index (χ0) is 11.9. The quantitative estimate of drug-likeness (QED) is 0.725. The van der Waals surface area contributed by atoms with E-state index in [-0.39, 0.29) is 18.2 Å². The molecule has 1 atom stereocenters. The standard InChI is InChI=1S/C11H9Cl2NO2/c1-14-10(15)5-8(11(14)16)7-3-2-6(12)4-9(7)13/h2-4,8H,5H2,1H3. The van der Waals surface area contributed by atoms with Crippen LogP contribution in [0.2, 0.25) is 10.0 Å². The molecule has 1 aromatic carbocycles. The summed E-state index contributed by atoms with van der Waals surface area (Å²) in [5.41, 5.74) is 0.661. The maximum absolute atomic E-state index is 11.8. The van der Waals surface area contributed by atoms with E-state index < -0.39 is 5.92 Å². The molecule has 1 aliphatic rings. The van der Waals surface area contributed by atoms with Crippen molar-refractivity contribution in [2.75, 3.05) is 7.05 Å². The number of rotatable bonds is 1. The minimum absolute atomic E-state index is 0.177. The summed E-state index contributed by atoms with van der Waals surface area (Å²) in [6, 6.07) is 4.94. The van der Waals surface area contributed by atoms with E-state index in [2.05, 4.69) is 0 Å². The lowest BCUT2D eigenvalue weighted by Crippen LogP contribution is -2.25. The normalized spacial score (nSPS) is 20.7. The van der Waals surface area contributed by atoms with Crippen LogP contribution in [-0.2, 0) is 9.59 Å². The predicted octanol–water partition coefficient (Wildman–Crippen LogP) is 2.47. The number of halogens is 2. The summed E-state index contributed by atoms with van der Waals surface area (Å²) in [7, 11) is 1.48. The molecule has 84 valence electrons. The average Bonchev–Trinajstić information content (AvgIpc) is 2.46. The van der Waals surface area contributed by atoms with Crippen LogP contribution in [0.1, 0.15) is 17.9 Å². The largest absolute Gasteiger partial charge is 0.285 e. The van der Waals surface area contributed by atoms with E-state index in [4.69, 9.17) is 23.2 Å². The zero-order valence-corrected chi connectivity index (χ0v) is 10.0. The van der Waals surface area contributed by atoms with Gasteiger partial charge in [0.1, 0.15) is 0 Å². The van der Waals surface area contributed by atoms with Gasteiger partial charge >= 0.3 is 0 Å². The first-order valence-corrected chi connectivity index (χ1v) is 5.51. The molecular weight excluding hydrogens is 249 g/mol. The predicted molar refractivity (Wildman–Crippen MR) is 61.6 cm³/mol. The monoisotopic (exact) mass is 257 g/mol. The van der Waals surface area contributed by atoms with Crippen molar-refractivity contribution in [3.05, 3.63) is 33.8 Å². The first-order chi connectivity index (χ1) is 7.50. The summed E-state index contributed by atoms with van der Waals surface area (Å²) >= 11 is 11.8. The highest BCUT2D eigenvalue weighted by atomic mass is 35.5. The second-order valence-corrected chi connectivity index (χ2v) is 4.56. The molecule has 3 nitrogen and oxygen atoms in total. The maximum atomic E-state index is 11.8. The highest BCUT2D eigenvalue weighted by Gasteiger charge is 2.37. The Bertz CT molecular complexity index is 473. The van der Waals surface area contributed by atoms with Gasteiger partial charge in [-0.25, -0.2) is 0 Å². The number of carbonyl (C=O) groups is 2. The second kappa shape index (κ2) is 4.07. The average molecular weight is 258 g/mol. The van der Waals surface area contributed by atoms with E-state index in [9.17, 15) is 9.59 Å². The number of amides is 2. The molecule has 0 radical (unpaired) electrons. The Balaban J connectivity index is 2.39. The van der Waals surface area contributed by atoms with Crippen LogP contribution in [0.4, 0.5) is 0 Å². The molecule has 2 amide bonds. The van der Waals surface area contributed by atoms with Gasteiger partial charge in [0.05, 0.1) is 5.92 Å². The van der Waals surface area contributed by atoms with Crippen LogP contribution < -0.4 is 0 Å². The highest BCUT2D eigenvalue weighted by Crippen LogP contribution is 2.34. The molecule has 1 aliphatic heterocycles. The molecule has 2 rings (SSSR count). The van der Waals surface area contributed by atoms with Crippen LogP contribution in [0.3, 0.4) is 0 Å². The maximum Gasteiger partial charge on any atom is 0.237 e. The molecule has 0 bridgehead atoms. The van der Waals surface area contributed by atoms with Crippen molar-refractivity contribution < 1.29 is 9.59 Å². The Morgan fingerprint density at radius 3 is 2.50 bits per heavy atom. The van der Waals surface area contributed by atoms with Gasteiger partial charge in [0.15, 0.2) is 0 Å². The van der Waals surface area contributed by atoms with Crippen molar-refractivity contribution in [3.8, 4) is 0 Å². The number of likely N-dealkylation sites (N-methyl/N-ethyl adjacent to an activating group) is 1.